The van der Waals surface area contributed by atoms with Crippen molar-refractivity contribution in [3.8, 4) is 0 Å². The molecule has 1 rings (SSSR count). The summed E-state index contributed by atoms with van der Waals surface area (Å²) in [6.45, 7) is 9.02. The standard InChI is InChI=1S/C16H31F3N4/c1-4-20-15(22-11-13(2)3)21-8-5-14-6-9-23(10-7-14)12-16(17,18)19/h13-14H,4-12H2,1-3H3,(H2,20,21,22). The largest absolute Gasteiger partial charge is 0.401 e. The molecule has 1 aliphatic heterocycles. The summed E-state index contributed by atoms with van der Waals surface area (Å²) in [7, 11) is 0. The summed E-state index contributed by atoms with van der Waals surface area (Å²) in [5, 5.41) is 6.53. The van der Waals surface area contributed by atoms with Crippen LogP contribution in [0.3, 0.4) is 0 Å². The molecular weight excluding hydrogens is 305 g/mol. The fourth-order valence-electron chi connectivity index (χ4n) is 2.70. The molecule has 0 atom stereocenters. The average Bonchev–Trinajstić information content (AvgIpc) is 2.45. The van der Waals surface area contributed by atoms with E-state index in [1.165, 1.54) is 4.90 Å². The van der Waals surface area contributed by atoms with E-state index in [0.29, 0.717) is 24.9 Å². The minimum atomic E-state index is -4.08. The molecule has 1 aliphatic rings. The van der Waals surface area contributed by atoms with Crippen molar-refractivity contribution in [1.29, 1.82) is 0 Å². The highest BCUT2D eigenvalue weighted by molar-refractivity contribution is 5.79. The number of aliphatic imine (C=N–C) groups is 1. The van der Waals surface area contributed by atoms with Crippen LogP contribution in [0, 0.1) is 11.8 Å². The van der Waals surface area contributed by atoms with Gasteiger partial charge < -0.3 is 10.6 Å². The van der Waals surface area contributed by atoms with Gasteiger partial charge in [-0.2, -0.15) is 13.2 Å². The van der Waals surface area contributed by atoms with Crippen molar-refractivity contribution < 1.29 is 13.2 Å². The van der Waals surface area contributed by atoms with Gasteiger partial charge in [0.15, 0.2) is 5.96 Å². The Bertz CT molecular complexity index is 348. The summed E-state index contributed by atoms with van der Waals surface area (Å²) in [5.41, 5.74) is 0. The molecule has 0 bridgehead atoms. The molecule has 0 saturated carbocycles. The van der Waals surface area contributed by atoms with Crippen molar-refractivity contribution >= 4 is 5.96 Å². The lowest BCUT2D eigenvalue weighted by Gasteiger charge is -2.32. The number of hydrogen-bond donors (Lipinski definition) is 2. The third-order valence-corrected chi connectivity index (χ3v) is 3.91. The quantitative estimate of drug-likeness (QED) is 0.555. The topological polar surface area (TPSA) is 39.7 Å². The highest BCUT2D eigenvalue weighted by atomic mass is 19.4. The molecule has 0 aliphatic carbocycles. The van der Waals surface area contributed by atoms with E-state index in [2.05, 4.69) is 29.5 Å². The van der Waals surface area contributed by atoms with Crippen molar-refractivity contribution in [2.75, 3.05) is 39.3 Å². The van der Waals surface area contributed by atoms with E-state index in [0.717, 1.165) is 44.9 Å². The van der Waals surface area contributed by atoms with E-state index in [9.17, 15) is 13.2 Å². The van der Waals surface area contributed by atoms with Gasteiger partial charge in [0.05, 0.1) is 6.54 Å². The number of alkyl halides is 3. The van der Waals surface area contributed by atoms with Crippen LogP contribution in [0.25, 0.3) is 0 Å². The Balaban J connectivity index is 2.24. The Hall–Kier alpha value is -0.980. The Morgan fingerprint density at radius 2 is 1.87 bits per heavy atom. The van der Waals surface area contributed by atoms with Crippen LogP contribution < -0.4 is 10.6 Å². The number of nitrogens with zero attached hydrogens (tertiary/aromatic N) is 2. The lowest BCUT2D eigenvalue weighted by Crippen LogP contribution is -2.41. The predicted molar refractivity (Wildman–Crippen MR) is 88.7 cm³/mol. The summed E-state index contributed by atoms with van der Waals surface area (Å²) in [6.07, 6.45) is -1.41. The summed E-state index contributed by atoms with van der Waals surface area (Å²) in [5.74, 6) is 1.85. The van der Waals surface area contributed by atoms with Gasteiger partial charge >= 0.3 is 6.18 Å². The first-order valence-electron chi connectivity index (χ1n) is 8.61. The third kappa shape index (κ3) is 9.69. The summed E-state index contributed by atoms with van der Waals surface area (Å²) >= 11 is 0. The lowest BCUT2D eigenvalue weighted by molar-refractivity contribution is -0.148. The molecule has 0 radical (unpaired) electrons. The minimum Gasteiger partial charge on any atom is -0.357 e. The fraction of sp³-hybridized carbons (Fsp3) is 0.938. The van der Waals surface area contributed by atoms with E-state index in [1.54, 1.807) is 0 Å². The van der Waals surface area contributed by atoms with Crippen LogP contribution in [0.2, 0.25) is 0 Å². The van der Waals surface area contributed by atoms with Crippen LogP contribution in [0.15, 0.2) is 4.99 Å². The van der Waals surface area contributed by atoms with E-state index in [-0.39, 0.29) is 0 Å². The molecule has 0 aromatic heterocycles. The van der Waals surface area contributed by atoms with Crippen LogP contribution in [0.5, 0.6) is 0 Å². The van der Waals surface area contributed by atoms with E-state index >= 15 is 0 Å². The smallest absolute Gasteiger partial charge is 0.357 e. The molecule has 0 aromatic carbocycles. The molecule has 7 heteroatoms. The molecule has 0 amide bonds. The number of rotatable bonds is 7. The van der Waals surface area contributed by atoms with Crippen molar-refractivity contribution in [3.63, 3.8) is 0 Å². The van der Waals surface area contributed by atoms with E-state index < -0.39 is 12.7 Å². The van der Waals surface area contributed by atoms with Crippen LogP contribution in [0.1, 0.15) is 40.0 Å². The van der Waals surface area contributed by atoms with Crippen LogP contribution in [0.4, 0.5) is 13.2 Å². The Labute approximate surface area is 137 Å². The van der Waals surface area contributed by atoms with Gasteiger partial charge in [0.2, 0.25) is 0 Å². The van der Waals surface area contributed by atoms with Gasteiger partial charge in [-0.15, -0.1) is 0 Å². The van der Waals surface area contributed by atoms with Gasteiger partial charge in [-0.3, -0.25) is 9.89 Å². The van der Waals surface area contributed by atoms with Gasteiger partial charge in [0.25, 0.3) is 0 Å². The first-order chi connectivity index (χ1) is 10.8. The van der Waals surface area contributed by atoms with Crippen LogP contribution in [-0.4, -0.2) is 56.3 Å². The molecule has 1 heterocycles. The zero-order valence-corrected chi connectivity index (χ0v) is 14.5. The molecule has 136 valence electrons. The monoisotopic (exact) mass is 336 g/mol. The van der Waals surface area contributed by atoms with Crippen molar-refractivity contribution in [2.45, 2.75) is 46.2 Å². The summed E-state index contributed by atoms with van der Waals surface area (Å²) in [4.78, 5) is 6.02. The highest BCUT2D eigenvalue weighted by Gasteiger charge is 2.32. The molecule has 4 nitrogen and oxygen atoms in total. The van der Waals surface area contributed by atoms with Gasteiger partial charge in [-0.25, -0.2) is 0 Å². The summed E-state index contributed by atoms with van der Waals surface area (Å²) < 4.78 is 37.1. The van der Waals surface area contributed by atoms with Crippen molar-refractivity contribution in [3.05, 3.63) is 0 Å². The van der Waals surface area contributed by atoms with Crippen LogP contribution in [-0.2, 0) is 0 Å². The van der Waals surface area contributed by atoms with Gasteiger partial charge in [-0.1, -0.05) is 13.8 Å². The lowest BCUT2D eigenvalue weighted by atomic mass is 9.93. The molecule has 0 unspecified atom stereocenters. The molecule has 1 fully saturated rings. The maximum atomic E-state index is 12.4. The van der Waals surface area contributed by atoms with E-state index in [4.69, 9.17) is 0 Å². The molecule has 2 N–H and O–H groups in total. The summed E-state index contributed by atoms with van der Waals surface area (Å²) in [6, 6.07) is 0. The first kappa shape index (κ1) is 20.1. The second-order valence-corrected chi connectivity index (χ2v) is 6.66. The van der Waals surface area contributed by atoms with Gasteiger partial charge in [0.1, 0.15) is 0 Å². The molecule has 23 heavy (non-hydrogen) atoms. The SMILES string of the molecule is CCNC(=NCC(C)C)NCCC1CCN(CC(F)(F)F)CC1. The maximum absolute atomic E-state index is 12.4. The Kier molecular flexibility index (Phi) is 8.73. The van der Waals surface area contributed by atoms with Crippen LogP contribution >= 0.6 is 0 Å². The maximum Gasteiger partial charge on any atom is 0.401 e. The molecule has 1 saturated heterocycles. The zero-order valence-electron chi connectivity index (χ0n) is 14.5. The molecule has 0 aromatic rings. The molecular formula is C16H31F3N4. The Morgan fingerprint density at radius 1 is 1.22 bits per heavy atom. The minimum absolute atomic E-state index is 0.500. The number of halogens is 3. The van der Waals surface area contributed by atoms with Crippen molar-refractivity contribution in [2.24, 2.45) is 16.8 Å². The molecule has 0 spiro atoms. The number of likely N-dealkylation sites (tertiary alicyclic amines) is 1. The van der Waals surface area contributed by atoms with Crippen molar-refractivity contribution in [1.82, 2.24) is 15.5 Å². The van der Waals surface area contributed by atoms with E-state index in [1.807, 2.05) is 6.92 Å². The average molecular weight is 336 g/mol. The first-order valence-corrected chi connectivity index (χ1v) is 8.61. The number of hydrogen-bond acceptors (Lipinski definition) is 2. The number of nitrogens with one attached hydrogen (secondary N) is 2. The number of guanidine groups is 1. The predicted octanol–water partition coefficient (Wildman–Crippen LogP) is 2.86. The second kappa shape index (κ2) is 10.0. The third-order valence-electron chi connectivity index (χ3n) is 3.91. The Morgan fingerprint density at radius 3 is 2.39 bits per heavy atom. The highest BCUT2D eigenvalue weighted by Crippen LogP contribution is 2.23. The zero-order chi connectivity index (χ0) is 17.3. The number of piperidine rings is 1. The van der Waals surface area contributed by atoms with Gasteiger partial charge in [0, 0.05) is 19.6 Å². The normalized spacial score (nSPS) is 18.5. The van der Waals surface area contributed by atoms with Gasteiger partial charge in [-0.05, 0) is 51.1 Å². The fourth-order valence-corrected chi connectivity index (χ4v) is 2.70. The second-order valence-electron chi connectivity index (χ2n) is 6.66.